The second kappa shape index (κ2) is 5.53. The molecule has 0 aromatic heterocycles. The third-order valence-electron chi connectivity index (χ3n) is 3.69. The molecule has 1 fully saturated rings. The van der Waals surface area contributed by atoms with Crippen LogP contribution in [0.25, 0.3) is 0 Å². The molecule has 0 saturated heterocycles. The van der Waals surface area contributed by atoms with Gasteiger partial charge in [-0.2, -0.15) is 0 Å². The summed E-state index contributed by atoms with van der Waals surface area (Å²) < 4.78 is 5.26. The summed E-state index contributed by atoms with van der Waals surface area (Å²) in [6, 6.07) is 5.69. The van der Waals surface area contributed by atoms with Crippen LogP contribution in [0.3, 0.4) is 0 Å². The minimum absolute atomic E-state index is 0.0316. The summed E-state index contributed by atoms with van der Waals surface area (Å²) in [6.07, 6.45) is 2.77. The molecule has 1 saturated carbocycles. The van der Waals surface area contributed by atoms with Crippen molar-refractivity contribution >= 4 is 5.78 Å². The number of aryl methyl sites for hydroxylation is 1. The summed E-state index contributed by atoms with van der Waals surface area (Å²) in [5, 5.41) is 9.49. The maximum Gasteiger partial charge on any atom is 0.169 e. The molecule has 3 nitrogen and oxygen atoms in total. The van der Waals surface area contributed by atoms with E-state index in [0.29, 0.717) is 11.3 Å². The fraction of sp³-hybridized carbons (Fsp3) is 0.533. The predicted octanol–water partition coefficient (Wildman–Crippen LogP) is 2.74. The van der Waals surface area contributed by atoms with Crippen LogP contribution in [0.5, 0.6) is 5.75 Å². The van der Waals surface area contributed by atoms with Crippen LogP contribution in [-0.4, -0.2) is 24.1 Å². The van der Waals surface area contributed by atoms with E-state index >= 15 is 0 Å². The first-order valence-electron chi connectivity index (χ1n) is 6.48. The Morgan fingerprint density at radius 3 is 2.56 bits per heavy atom. The smallest absolute Gasteiger partial charge is 0.169 e. The van der Waals surface area contributed by atoms with Gasteiger partial charge in [0.1, 0.15) is 5.75 Å². The van der Waals surface area contributed by atoms with Gasteiger partial charge in [-0.15, -0.1) is 0 Å². The van der Waals surface area contributed by atoms with Crippen LogP contribution < -0.4 is 4.74 Å². The van der Waals surface area contributed by atoms with Gasteiger partial charge in [-0.1, -0.05) is 11.6 Å². The molecule has 18 heavy (non-hydrogen) atoms. The number of aliphatic hydroxyl groups excluding tert-OH is 1. The number of carbonyl (C=O) groups excluding carboxylic acids is 1. The van der Waals surface area contributed by atoms with Gasteiger partial charge in [0.25, 0.3) is 0 Å². The molecule has 0 aliphatic heterocycles. The van der Waals surface area contributed by atoms with Crippen LogP contribution in [0.15, 0.2) is 18.2 Å². The first kappa shape index (κ1) is 13.1. The molecule has 0 atom stereocenters. The van der Waals surface area contributed by atoms with Gasteiger partial charge in [-0.25, -0.2) is 0 Å². The highest BCUT2D eigenvalue weighted by Gasteiger charge is 2.27. The van der Waals surface area contributed by atoms with Gasteiger partial charge in [-0.3, -0.25) is 4.79 Å². The maximum absolute atomic E-state index is 12.5. The zero-order valence-electron chi connectivity index (χ0n) is 11.0. The van der Waals surface area contributed by atoms with E-state index in [4.69, 9.17) is 4.74 Å². The summed E-state index contributed by atoms with van der Waals surface area (Å²) in [4.78, 5) is 12.5. The number of methoxy groups -OCH3 is 1. The van der Waals surface area contributed by atoms with E-state index in [1.165, 1.54) is 0 Å². The molecule has 1 aliphatic rings. The Hall–Kier alpha value is -1.35. The Morgan fingerprint density at radius 1 is 1.28 bits per heavy atom. The molecular weight excluding hydrogens is 228 g/mol. The van der Waals surface area contributed by atoms with Gasteiger partial charge in [-0.05, 0) is 44.7 Å². The number of Topliss-reactive ketones (excluding diaryl/α,β-unsaturated/α-hetero) is 1. The third kappa shape index (κ3) is 2.72. The lowest BCUT2D eigenvalue weighted by molar-refractivity contribution is 0.0762. The molecule has 1 N–H and O–H groups in total. The molecular formula is C15H20O3. The van der Waals surface area contributed by atoms with Gasteiger partial charge < -0.3 is 9.84 Å². The van der Waals surface area contributed by atoms with Gasteiger partial charge in [0.05, 0.1) is 18.8 Å². The Kier molecular flexibility index (Phi) is 4.02. The Morgan fingerprint density at radius 2 is 1.94 bits per heavy atom. The van der Waals surface area contributed by atoms with Gasteiger partial charge in [0, 0.05) is 5.92 Å². The number of ketones is 1. The molecule has 1 aromatic rings. The zero-order chi connectivity index (χ0) is 13.1. The molecule has 0 radical (unpaired) electrons. The van der Waals surface area contributed by atoms with Gasteiger partial charge in [0.15, 0.2) is 5.78 Å². The van der Waals surface area contributed by atoms with Crippen LogP contribution in [0.2, 0.25) is 0 Å². The second-order valence-electron chi connectivity index (χ2n) is 5.07. The second-order valence-corrected chi connectivity index (χ2v) is 5.07. The number of aliphatic hydroxyl groups is 1. The molecule has 1 aliphatic carbocycles. The van der Waals surface area contributed by atoms with Crippen LogP contribution >= 0.6 is 0 Å². The highest BCUT2D eigenvalue weighted by Crippen LogP contribution is 2.30. The highest BCUT2D eigenvalue weighted by molar-refractivity contribution is 6.00. The van der Waals surface area contributed by atoms with Gasteiger partial charge in [0.2, 0.25) is 0 Å². The molecule has 98 valence electrons. The normalized spacial score (nSPS) is 23.7. The quantitative estimate of drug-likeness (QED) is 0.837. The standard InChI is InChI=1S/C15H20O3/c1-10-3-8-14(18-2)13(9-10)15(17)11-4-6-12(16)7-5-11/h3,8-9,11-12,16H,4-7H2,1-2H3. The molecule has 0 heterocycles. The molecule has 2 rings (SSSR count). The third-order valence-corrected chi connectivity index (χ3v) is 3.69. The minimum atomic E-state index is -0.228. The van der Waals surface area contributed by atoms with Crippen molar-refractivity contribution in [1.29, 1.82) is 0 Å². The van der Waals surface area contributed by atoms with E-state index in [0.717, 1.165) is 31.2 Å². The zero-order valence-corrected chi connectivity index (χ0v) is 11.0. The lowest BCUT2D eigenvalue weighted by Gasteiger charge is -2.24. The fourth-order valence-corrected chi connectivity index (χ4v) is 2.57. The number of carbonyl (C=O) groups is 1. The van der Waals surface area contributed by atoms with Crippen LogP contribution in [-0.2, 0) is 0 Å². The van der Waals surface area contributed by atoms with Crippen molar-refractivity contribution in [3.63, 3.8) is 0 Å². The first-order valence-corrected chi connectivity index (χ1v) is 6.48. The van der Waals surface area contributed by atoms with Crippen LogP contribution in [0.4, 0.5) is 0 Å². The summed E-state index contributed by atoms with van der Waals surface area (Å²) in [6.45, 7) is 1.97. The van der Waals surface area contributed by atoms with Crippen molar-refractivity contribution < 1.29 is 14.6 Å². The van der Waals surface area contributed by atoms with E-state index in [1.807, 2.05) is 25.1 Å². The van der Waals surface area contributed by atoms with E-state index in [2.05, 4.69) is 0 Å². The lowest BCUT2D eigenvalue weighted by Crippen LogP contribution is -2.24. The van der Waals surface area contributed by atoms with Crippen molar-refractivity contribution in [2.24, 2.45) is 5.92 Å². The minimum Gasteiger partial charge on any atom is -0.496 e. The van der Waals surface area contributed by atoms with E-state index in [1.54, 1.807) is 7.11 Å². The van der Waals surface area contributed by atoms with Crippen molar-refractivity contribution in [2.75, 3.05) is 7.11 Å². The van der Waals surface area contributed by atoms with Crippen molar-refractivity contribution in [3.8, 4) is 5.75 Å². The average molecular weight is 248 g/mol. The number of rotatable bonds is 3. The average Bonchev–Trinajstić information content (AvgIpc) is 2.39. The summed E-state index contributed by atoms with van der Waals surface area (Å²) in [5.41, 5.74) is 1.74. The predicted molar refractivity (Wildman–Crippen MR) is 70.0 cm³/mol. The lowest BCUT2D eigenvalue weighted by atomic mass is 9.82. The number of benzene rings is 1. The van der Waals surface area contributed by atoms with Gasteiger partial charge >= 0.3 is 0 Å². The van der Waals surface area contributed by atoms with Crippen LogP contribution in [0.1, 0.15) is 41.6 Å². The molecule has 0 bridgehead atoms. The highest BCUT2D eigenvalue weighted by atomic mass is 16.5. The summed E-state index contributed by atoms with van der Waals surface area (Å²) in [5.74, 6) is 0.836. The van der Waals surface area contributed by atoms with Crippen LogP contribution in [0, 0.1) is 12.8 Å². The SMILES string of the molecule is COc1ccc(C)cc1C(=O)C1CCC(O)CC1. The number of hydrogen-bond donors (Lipinski definition) is 1. The molecule has 0 amide bonds. The Balaban J connectivity index is 2.20. The molecule has 0 unspecified atom stereocenters. The van der Waals surface area contributed by atoms with Crippen molar-refractivity contribution in [1.82, 2.24) is 0 Å². The molecule has 0 spiro atoms. The first-order chi connectivity index (χ1) is 8.61. The van der Waals surface area contributed by atoms with E-state index < -0.39 is 0 Å². The van der Waals surface area contributed by atoms with E-state index in [9.17, 15) is 9.90 Å². The van der Waals surface area contributed by atoms with Crippen molar-refractivity contribution in [3.05, 3.63) is 29.3 Å². The Labute approximate surface area is 108 Å². The topological polar surface area (TPSA) is 46.5 Å². The number of ether oxygens (including phenoxy) is 1. The van der Waals surface area contributed by atoms with Crippen molar-refractivity contribution in [2.45, 2.75) is 38.7 Å². The largest absolute Gasteiger partial charge is 0.496 e. The molecule has 1 aromatic carbocycles. The monoisotopic (exact) mass is 248 g/mol. The Bertz CT molecular complexity index is 431. The molecule has 3 heteroatoms. The number of hydrogen-bond acceptors (Lipinski definition) is 3. The summed E-state index contributed by atoms with van der Waals surface area (Å²) in [7, 11) is 1.59. The van der Waals surface area contributed by atoms with E-state index in [-0.39, 0.29) is 17.8 Å². The summed E-state index contributed by atoms with van der Waals surface area (Å²) >= 11 is 0. The maximum atomic E-state index is 12.5. The fourth-order valence-electron chi connectivity index (χ4n) is 2.57.